The van der Waals surface area contributed by atoms with Gasteiger partial charge >= 0.3 is 0 Å². The fourth-order valence-corrected chi connectivity index (χ4v) is 6.93. The molecule has 6 aromatic carbocycles. The predicted octanol–water partition coefficient (Wildman–Crippen LogP) is 10.4. The third-order valence-electron chi connectivity index (χ3n) is 8.95. The van der Waals surface area contributed by atoms with Crippen LogP contribution in [-0.4, -0.2) is 19.5 Å². The van der Waals surface area contributed by atoms with Gasteiger partial charge in [-0.1, -0.05) is 103 Å². The van der Waals surface area contributed by atoms with Crippen LogP contribution in [0.3, 0.4) is 0 Å². The van der Waals surface area contributed by atoms with Crippen molar-refractivity contribution in [1.82, 2.24) is 19.5 Å². The predicted molar refractivity (Wildman–Crippen MR) is 195 cm³/mol. The number of nitrogens with zero attached hydrogens (tertiary/aromatic N) is 5. The van der Waals surface area contributed by atoms with Gasteiger partial charge in [0.15, 0.2) is 17.5 Å². The molecule has 0 spiro atoms. The van der Waals surface area contributed by atoms with Crippen molar-refractivity contribution in [2.45, 2.75) is 20.8 Å². The molecule has 5 nitrogen and oxygen atoms in total. The lowest BCUT2D eigenvalue weighted by Gasteiger charge is -2.15. The van der Waals surface area contributed by atoms with Gasteiger partial charge in [-0.3, -0.25) is 0 Å². The third kappa shape index (κ3) is 5.01. The Morgan fingerprint density at radius 2 is 1.10 bits per heavy atom. The van der Waals surface area contributed by atoms with Crippen molar-refractivity contribution >= 4 is 21.8 Å². The molecule has 0 amide bonds. The zero-order valence-electron chi connectivity index (χ0n) is 26.9. The van der Waals surface area contributed by atoms with Gasteiger partial charge in [0.1, 0.15) is 0 Å². The minimum atomic E-state index is 0.538. The van der Waals surface area contributed by atoms with Crippen molar-refractivity contribution in [3.63, 3.8) is 0 Å². The Morgan fingerprint density at radius 3 is 1.75 bits per heavy atom. The molecule has 0 fully saturated rings. The summed E-state index contributed by atoms with van der Waals surface area (Å²) >= 11 is 0. The van der Waals surface area contributed by atoms with Gasteiger partial charge in [0.05, 0.1) is 28.4 Å². The van der Waals surface area contributed by atoms with Crippen LogP contribution >= 0.6 is 0 Å². The number of para-hydroxylation sites is 1. The molecule has 0 atom stereocenters. The number of aryl methyl sites for hydroxylation is 3. The van der Waals surface area contributed by atoms with E-state index in [0.29, 0.717) is 23.0 Å². The Bertz CT molecular complexity index is 2460. The van der Waals surface area contributed by atoms with Crippen LogP contribution in [0.25, 0.3) is 72.8 Å². The average Bonchev–Trinajstić information content (AvgIpc) is 3.45. The normalized spacial score (nSPS) is 11.2. The molecule has 8 aromatic rings. The molecule has 5 heteroatoms. The monoisotopic (exact) mass is 617 g/mol. The van der Waals surface area contributed by atoms with Crippen LogP contribution in [-0.2, 0) is 0 Å². The summed E-state index contributed by atoms with van der Waals surface area (Å²) in [5.41, 5.74) is 12.3. The molecule has 0 unspecified atom stereocenters. The van der Waals surface area contributed by atoms with E-state index in [1.165, 1.54) is 27.8 Å². The highest BCUT2D eigenvalue weighted by atomic mass is 15.1. The van der Waals surface area contributed by atoms with E-state index in [-0.39, 0.29) is 0 Å². The molecule has 48 heavy (non-hydrogen) atoms. The van der Waals surface area contributed by atoms with E-state index in [1.54, 1.807) is 0 Å². The fraction of sp³-hybridized carbons (Fsp3) is 0.0698. The lowest BCUT2D eigenvalue weighted by Crippen LogP contribution is -2.04. The van der Waals surface area contributed by atoms with Crippen molar-refractivity contribution in [1.29, 1.82) is 5.26 Å². The van der Waals surface area contributed by atoms with E-state index in [9.17, 15) is 5.26 Å². The Hall–Kier alpha value is -6.38. The molecular formula is C43H31N5. The lowest BCUT2D eigenvalue weighted by molar-refractivity contribution is 1.06. The van der Waals surface area contributed by atoms with Gasteiger partial charge in [-0.2, -0.15) is 5.26 Å². The van der Waals surface area contributed by atoms with E-state index in [2.05, 4.69) is 86.0 Å². The van der Waals surface area contributed by atoms with E-state index < -0.39 is 0 Å². The molecule has 0 aliphatic carbocycles. The molecule has 0 N–H and O–H groups in total. The van der Waals surface area contributed by atoms with Crippen LogP contribution in [0.5, 0.6) is 0 Å². The summed E-state index contributed by atoms with van der Waals surface area (Å²) in [6.07, 6.45) is 0. The molecule has 228 valence electrons. The maximum atomic E-state index is 10.1. The Balaban J connectivity index is 1.41. The second-order valence-corrected chi connectivity index (χ2v) is 12.2. The second kappa shape index (κ2) is 11.8. The van der Waals surface area contributed by atoms with Crippen molar-refractivity contribution in [2.24, 2.45) is 0 Å². The van der Waals surface area contributed by atoms with Gasteiger partial charge in [0, 0.05) is 27.5 Å². The van der Waals surface area contributed by atoms with E-state index in [1.807, 2.05) is 78.9 Å². The van der Waals surface area contributed by atoms with Crippen LogP contribution in [0, 0.1) is 32.1 Å². The van der Waals surface area contributed by atoms with E-state index in [0.717, 1.165) is 44.2 Å². The summed E-state index contributed by atoms with van der Waals surface area (Å²) < 4.78 is 2.24. The molecule has 2 aromatic heterocycles. The first-order valence-electron chi connectivity index (χ1n) is 16.0. The van der Waals surface area contributed by atoms with Gasteiger partial charge in [0.25, 0.3) is 0 Å². The first-order chi connectivity index (χ1) is 23.5. The van der Waals surface area contributed by atoms with Crippen LogP contribution in [0.4, 0.5) is 0 Å². The molecule has 2 heterocycles. The molecule has 0 radical (unpaired) electrons. The maximum absolute atomic E-state index is 10.1. The van der Waals surface area contributed by atoms with Crippen molar-refractivity contribution < 1.29 is 0 Å². The topological polar surface area (TPSA) is 67.4 Å². The molecule has 0 aliphatic rings. The minimum Gasteiger partial charge on any atom is -0.308 e. The first-order valence-corrected chi connectivity index (χ1v) is 16.0. The lowest BCUT2D eigenvalue weighted by atomic mass is 9.93. The largest absolute Gasteiger partial charge is 0.308 e. The summed E-state index contributed by atoms with van der Waals surface area (Å²) in [5, 5.41) is 12.3. The molecule has 0 saturated carbocycles. The first kappa shape index (κ1) is 29.1. The molecular weight excluding hydrogens is 587 g/mol. The Kier molecular flexibility index (Phi) is 7.12. The van der Waals surface area contributed by atoms with Crippen LogP contribution in [0.15, 0.2) is 133 Å². The van der Waals surface area contributed by atoms with Crippen molar-refractivity contribution in [3.8, 4) is 57.0 Å². The number of aromatic nitrogens is 4. The number of nitriles is 1. The Labute approximate surface area is 279 Å². The Morgan fingerprint density at radius 1 is 0.521 bits per heavy atom. The van der Waals surface area contributed by atoms with E-state index >= 15 is 0 Å². The maximum Gasteiger partial charge on any atom is 0.166 e. The summed E-state index contributed by atoms with van der Waals surface area (Å²) in [4.78, 5) is 15.0. The molecule has 0 saturated heterocycles. The fourth-order valence-electron chi connectivity index (χ4n) is 6.93. The molecule has 8 rings (SSSR count). The number of fused-ring (bicyclic) bond motifs is 3. The number of benzene rings is 6. The highest BCUT2D eigenvalue weighted by molar-refractivity contribution is 6.11. The van der Waals surface area contributed by atoms with Crippen LogP contribution < -0.4 is 0 Å². The highest BCUT2D eigenvalue weighted by Gasteiger charge is 2.20. The summed E-state index contributed by atoms with van der Waals surface area (Å²) in [5.74, 6) is 1.71. The van der Waals surface area contributed by atoms with Crippen molar-refractivity contribution in [3.05, 3.63) is 156 Å². The summed E-state index contributed by atoms with van der Waals surface area (Å²) in [6.45, 7) is 6.51. The van der Waals surface area contributed by atoms with Gasteiger partial charge < -0.3 is 4.57 Å². The average molecular weight is 618 g/mol. The summed E-state index contributed by atoms with van der Waals surface area (Å²) in [7, 11) is 0. The van der Waals surface area contributed by atoms with Gasteiger partial charge in [-0.25, -0.2) is 15.0 Å². The van der Waals surface area contributed by atoms with Crippen LogP contribution in [0.1, 0.15) is 22.3 Å². The smallest absolute Gasteiger partial charge is 0.166 e. The number of rotatable bonds is 5. The van der Waals surface area contributed by atoms with Crippen molar-refractivity contribution in [2.75, 3.05) is 0 Å². The molecule has 0 bridgehead atoms. The number of hydrogen-bond donors (Lipinski definition) is 0. The highest BCUT2D eigenvalue weighted by Crippen LogP contribution is 2.39. The van der Waals surface area contributed by atoms with Gasteiger partial charge in [-0.05, 0) is 79.4 Å². The van der Waals surface area contributed by atoms with Gasteiger partial charge in [0.2, 0.25) is 0 Å². The summed E-state index contributed by atoms with van der Waals surface area (Å²) in [6, 6.07) is 47.7. The zero-order chi connectivity index (χ0) is 32.8. The third-order valence-corrected chi connectivity index (χ3v) is 8.95. The zero-order valence-corrected chi connectivity index (χ0v) is 26.9. The quantitative estimate of drug-likeness (QED) is 0.193. The van der Waals surface area contributed by atoms with Crippen LogP contribution in [0.2, 0.25) is 0 Å². The molecule has 0 aliphatic heterocycles. The number of hydrogen-bond acceptors (Lipinski definition) is 4. The standard InChI is InChI=1S/C43H31N5/c1-27-22-28(2)40(29(3)23-27)33-19-21-38-36(25-33)34-16-10-11-17-37(34)48(38)39-24-30(26-44)18-20-35(39)43-46-41(31-12-6-4-7-13-31)45-42(47-43)32-14-8-5-9-15-32/h4-25H,1-3H3. The van der Waals surface area contributed by atoms with E-state index in [4.69, 9.17) is 15.0 Å². The van der Waals surface area contributed by atoms with Gasteiger partial charge in [-0.15, -0.1) is 0 Å². The SMILES string of the molecule is Cc1cc(C)c(-c2ccc3c(c2)c2ccccc2n3-c2cc(C#N)ccc2-c2nc(-c3ccccc3)nc(-c3ccccc3)n2)c(C)c1. The second-order valence-electron chi connectivity index (χ2n) is 12.2. The minimum absolute atomic E-state index is 0.538.